The Bertz CT molecular complexity index is 373. The summed E-state index contributed by atoms with van der Waals surface area (Å²) in [5.41, 5.74) is 6.05. The summed E-state index contributed by atoms with van der Waals surface area (Å²) in [6, 6.07) is 1.40. The highest BCUT2D eigenvalue weighted by molar-refractivity contribution is 5.76. The van der Waals surface area contributed by atoms with Crippen LogP contribution in [0.25, 0.3) is 0 Å². The van der Waals surface area contributed by atoms with Gasteiger partial charge in [0, 0.05) is 37.6 Å². The molecule has 0 aromatic carbocycles. The van der Waals surface area contributed by atoms with Crippen LogP contribution in [0.15, 0.2) is 0 Å². The summed E-state index contributed by atoms with van der Waals surface area (Å²) in [5, 5.41) is 0. The molecule has 4 nitrogen and oxygen atoms in total. The van der Waals surface area contributed by atoms with Gasteiger partial charge in [-0.15, -0.1) is 0 Å². The second-order valence-corrected chi connectivity index (χ2v) is 7.52. The van der Waals surface area contributed by atoms with Crippen molar-refractivity contribution in [3.63, 3.8) is 0 Å². The molecule has 2 aliphatic heterocycles. The van der Waals surface area contributed by atoms with Gasteiger partial charge in [-0.05, 0) is 51.5 Å². The normalized spacial score (nSPS) is 37.5. The number of nitrogens with two attached hydrogens (primary N) is 1. The molecule has 0 bridgehead atoms. The maximum Gasteiger partial charge on any atom is 0.222 e. The zero-order chi connectivity index (χ0) is 14.8. The summed E-state index contributed by atoms with van der Waals surface area (Å²) in [6.07, 6.45) is 9.17. The number of amides is 1. The van der Waals surface area contributed by atoms with E-state index in [2.05, 4.69) is 16.7 Å². The molecule has 3 fully saturated rings. The fraction of sp³-hybridized carbons (Fsp3) is 0.941. The van der Waals surface area contributed by atoms with Gasteiger partial charge in [0.1, 0.15) is 0 Å². The first-order valence-electron chi connectivity index (χ1n) is 8.92. The number of carbonyl (C=O) groups excluding carboxylic acids is 1. The molecular weight excluding hydrogens is 262 g/mol. The van der Waals surface area contributed by atoms with Gasteiger partial charge in [0.15, 0.2) is 0 Å². The molecule has 2 saturated heterocycles. The number of hydrogen-bond donors (Lipinski definition) is 1. The predicted octanol–water partition coefficient (Wildman–Crippen LogP) is 1.98. The minimum absolute atomic E-state index is 0.375. The second kappa shape index (κ2) is 6.66. The van der Waals surface area contributed by atoms with Gasteiger partial charge >= 0.3 is 0 Å². The predicted molar refractivity (Wildman–Crippen MR) is 84.9 cm³/mol. The van der Waals surface area contributed by atoms with Crippen molar-refractivity contribution in [1.29, 1.82) is 0 Å². The van der Waals surface area contributed by atoms with Crippen molar-refractivity contribution in [3.8, 4) is 0 Å². The Morgan fingerprint density at radius 2 is 2.05 bits per heavy atom. The Hall–Kier alpha value is -0.610. The molecule has 120 valence electrons. The summed E-state index contributed by atoms with van der Waals surface area (Å²) in [4.78, 5) is 17.3. The number of rotatable bonds is 3. The average Bonchev–Trinajstić information content (AvgIpc) is 2.91. The van der Waals surface area contributed by atoms with Gasteiger partial charge < -0.3 is 10.6 Å². The van der Waals surface area contributed by atoms with E-state index in [1.165, 1.54) is 38.6 Å². The minimum Gasteiger partial charge on any atom is -0.337 e. The highest BCUT2D eigenvalue weighted by atomic mass is 16.2. The molecule has 0 aromatic rings. The molecule has 4 heteroatoms. The average molecular weight is 293 g/mol. The summed E-state index contributed by atoms with van der Waals surface area (Å²) in [5.74, 6) is 1.06. The van der Waals surface area contributed by atoms with Crippen LogP contribution in [-0.2, 0) is 4.79 Å². The van der Waals surface area contributed by atoms with Crippen molar-refractivity contribution in [3.05, 3.63) is 0 Å². The highest BCUT2D eigenvalue weighted by Gasteiger charge is 2.36. The fourth-order valence-corrected chi connectivity index (χ4v) is 4.60. The topological polar surface area (TPSA) is 49.6 Å². The molecule has 0 aromatic heterocycles. The van der Waals surface area contributed by atoms with Crippen molar-refractivity contribution < 1.29 is 4.79 Å². The molecule has 3 rings (SSSR count). The van der Waals surface area contributed by atoms with Gasteiger partial charge in [0.2, 0.25) is 5.91 Å². The smallest absolute Gasteiger partial charge is 0.222 e. The Morgan fingerprint density at radius 1 is 1.19 bits per heavy atom. The Balaban J connectivity index is 1.48. The van der Waals surface area contributed by atoms with Gasteiger partial charge in [0.05, 0.1) is 0 Å². The first kappa shape index (κ1) is 15.3. The van der Waals surface area contributed by atoms with Crippen molar-refractivity contribution in [2.75, 3.05) is 19.6 Å². The summed E-state index contributed by atoms with van der Waals surface area (Å²) in [6.45, 7) is 5.48. The van der Waals surface area contributed by atoms with Crippen LogP contribution in [0.4, 0.5) is 0 Å². The van der Waals surface area contributed by atoms with Gasteiger partial charge in [-0.1, -0.05) is 12.8 Å². The molecular formula is C17H31N3O. The number of hydrogen-bond acceptors (Lipinski definition) is 3. The number of nitrogens with zero attached hydrogens (tertiary/aromatic N) is 2. The van der Waals surface area contributed by atoms with Crippen LogP contribution in [0, 0.1) is 5.92 Å². The van der Waals surface area contributed by atoms with E-state index in [1.807, 2.05) is 0 Å². The number of piperazine rings is 1. The summed E-state index contributed by atoms with van der Waals surface area (Å²) in [7, 11) is 0. The molecule has 1 saturated carbocycles. The van der Waals surface area contributed by atoms with E-state index in [1.54, 1.807) is 0 Å². The molecule has 3 aliphatic rings. The van der Waals surface area contributed by atoms with Crippen LogP contribution < -0.4 is 5.73 Å². The first-order valence-corrected chi connectivity index (χ1v) is 8.92. The van der Waals surface area contributed by atoms with Crippen molar-refractivity contribution in [2.45, 2.75) is 76.4 Å². The van der Waals surface area contributed by atoms with Gasteiger partial charge in [-0.3, -0.25) is 9.69 Å². The second-order valence-electron chi connectivity index (χ2n) is 7.52. The zero-order valence-corrected chi connectivity index (χ0v) is 13.5. The molecule has 4 unspecified atom stereocenters. The van der Waals surface area contributed by atoms with E-state index < -0.39 is 0 Å². The Morgan fingerprint density at radius 3 is 2.86 bits per heavy atom. The monoisotopic (exact) mass is 293 g/mol. The first-order chi connectivity index (χ1) is 10.1. The van der Waals surface area contributed by atoms with Crippen molar-refractivity contribution >= 4 is 5.91 Å². The Kier molecular flexibility index (Phi) is 4.85. The lowest BCUT2D eigenvalue weighted by Gasteiger charge is -2.42. The molecule has 0 radical (unpaired) electrons. The fourth-order valence-electron chi connectivity index (χ4n) is 4.60. The van der Waals surface area contributed by atoms with Crippen LogP contribution in [0.1, 0.15) is 58.3 Å². The minimum atomic E-state index is 0.375. The van der Waals surface area contributed by atoms with Gasteiger partial charge in [-0.25, -0.2) is 0 Å². The van der Waals surface area contributed by atoms with Gasteiger partial charge in [-0.2, -0.15) is 0 Å². The van der Waals surface area contributed by atoms with E-state index in [-0.39, 0.29) is 0 Å². The third kappa shape index (κ3) is 3.59. The lowest BCUT2D eigenvalue weighted by Crippen LogP contribution is -2.56. The standard InChI is InChI=1S/C17H31N3O/c1-13-11-19-9-3-6-16(19)12-20(13)17(21)8-7-14-4-2-5-15(18)10-14/h13-16H,2-12,18H2,1H3. The van der Waals surface area contributed by atoms with Crippen LogP contribution in [0.3, 0.4) is 0 Å². The molecule has 21 heavy (non-hydrogen) atoms. The van der Waals surface area contributed by atoms with E-state index in [4.69, 9.17) is 5.73 Å². The molecule has 1 aliphatic carbocycles. The Labute approximate surface area is 129 Å². The molecule has 1 amide bonds. The third-order valence-corrected chi connectivity index (χ3v) is 5.85. The van der Waals surface area contributed by atoms with E-state index in [9.17, 15) is 4.79 Å². The third-order valence-electron chi connectivity index (χ3n) is 5.85. The molecule has 4 atom stereocenters. The SMILES string of the molecule is CC1CN2CCCC2CN1C(=O)CCC1CCCC(N)C1. The van der Waals surface area contributed by atoms with Crippen LogP contribution >= 0.6 is 0 Å². The van der Waals surface area contributed by atoms with Crippen LogP contribution in [0.5, 0.6) is 0 Å². The number of carbonyl (C=O) groups is 1. The van der Waals surface area contributed by atoms with E-state index in [0.29, 0.717) is 30.0 Å². The van der Waals surface area contributed by atoms with Crippen molar-refractivity contribution in [1.82, 2.24) is 9.80 Å². The molecule has 2 heterocycles. The highest BCUT2D eigenvalue weighted by Crippen LogP contribution is 2.29. The summed E-state index contributed by atoms with van der Waals surface area (Å²) < 4.78 is 0. The lowest BCUT2D eigenvalue weighted by atomic mass is 9.83. The van der Waals surface area contributed by atoms with Gasteiger partial charge in [0.25, 0.3) is 0 Å². The lowest BCUT2D eigenvalue weighted by molar-refractivity contribution is -0.137. The maximum atomic E-state index is 12.6. The summed E-state index contributed by atoms with van der Waals surface area (Å²) >= 11 is 0. The maximum absolute atomic E-state index is 12.6. The van der Waals surface area contributed by atoms with Crippen molar-refractivity contribution in [2.24, 2.45) is 11.7 Å². The van der Waals surface area contributed by atoms with Crippen LogP contribution in [-0.4, -0.2) is 53.5 Å². The zero-order valence-electron chi connectivity index (χ0n) is 13.5. The largest absolute Gasteiger partial charge is 0.337 e. The molecule has 2 N–H and O–H groups in total. The van der Waals surface area contributed by atoms with E-state index >= 15 is 0 Å². The van der Waals surface area contributed by atoms with E-state index in [0.717, 1.165) is 32.4 Å². The van der Waals surface area contributed by atoms with Crippen LogP contribution in [0.2, 0.25) is 0 Å². The number of fused-ring (bicyclic) bond motifs is 1. The quantitative estimate of drug-likeness (QED) is 0.865. The molecule has 0 spiro atoms.